The summed E-state index contributed by atoms with van der Waals surface area (Å²) in [4.78, 5) is 53.5. The normalized spacial score (nSPS) is 23.0. The highest BCUT2D eigenvalue weighted by molar-refractivity contribution is 6.15. The summed E-state index contributed by atoms with van der Waals surface area (Å²) in [6.45, 7) is 2.06. The van der Waals surface area contributed by atoms with Gasteiger partial charge in [0.25, 0.3) is 11.8 Å². The van der Waals surface area contributed by atoms with E-state index < -0.39 is 29.5 Å². The average molecular weight is 444 g/mol. The standard InChI is InChI=1S/C22H22F2N4O4/c1-12-2-6-17(25-9-12)22(23,24)21(32)26-10-13-3-4-15-14(8-13)11-28(20(15)31)16-5-7-18(29)27-19(16)30/h2-4,6,8,12,16H,5,7,9-11H2,1H3,(H,26,32)(H,27,29,30). The molecule has 8 nitrogen and oxygen atoms in total. The number of dihydropyridines is 1. The van der Waals surface area contributed by atoms with Crippen LogP contribution in [-0.4, -0.2) is 52.7 Å². The molecule has 1 saturated heterocycles. The fourth-order valence-electron chi connectivity index (χ4n) is 3.96. The lowest BCUT2D eigenvalue weighted by molar-refractivity contribution is -0.138. The number of fused-ring (bicyclic) bond motifs is 1. The average Bonchev–Trinajstić information content (AvgIpc) is 3.08. The number of benzene rings is 1. The summed E-state index contributed by atoms with van der Waals surface area (Å²) < 4.78 is 28.8. The molecule has 32 heavy (non-hydrogen) atoms. The topological polar surface area (TPSA) is 108 Å². The molecule has 2 atom stereocenters. The third-order valence-electron chi connectivity index (χ3n) is 5.78. The highest BCUT2D eigenvalue weighted by Crippen LogP contribution is 2.28. The van der Waals surface area contributed by atoms with Crippen LogP contribution in [0.5, 0.6) is 0 Å². The van der Waals surface area contributed by atoms with Crippen LogP contribution in [-0.2, 0) is 27.5 Å². The first-order valence-electron chi connectivity index (χ1n) is 10.3. The second kappa shape index (κ2) is 8.25. The van der Waals surface area contributed by atoms with Crippen molar-refractivity contribution >= 4 is 29.3 Å². The number of hydrogen-bond acceptors (Lipinski definition) is 5. The summed E-state index contributed by atoms with van der Waals surface area (Å²) in [6, 6.07) is 4.04. The van der Waals surface area contributed by atoms with Crippen LogP contribution in [0.1, 0.15) is 41.3 Å². The van der Waals surface area contributed by atoms with Crippen LogP contribution < -0.4 is 10.6 Å². The molecule has 1 aromatic rings. The Morgan fingerprint density at radius 1 is 1.31 bits per heavy atom. The molecule has 3 aliphatic heterocycles. The van der Waals surface area contributed by atoms with Crippen molar-refractivity contribution in [1.82, 2.24) is 15.5 Å². The number of halogens is 2. The molecule has 168 valence electrons. The van der Waals surface area contributed by atoms with Crippen LogP contribution in [0, 0.1) is 5.92 Å². The maximum Gasteiger partial charge on any atom is 0.365 e. The number of nitrogens with one attached hydrogen (secondary N) is 2. The molecule has 3 heterocycles. The van der Waals surface area contributed by atoms with E-state index in [9.17, 15) is 28.0 Å². The van der Waals surface area contributed by atoms with Gasteiger partial charge in [0.15, 0.2) is 0 Å². The van der Waals surface area contributed by atoms with Crippen molar-refractivity contribution in [1.29, 1.82) is 0 Å². The molecular weight excluding hydrogens is 422 g/mol. The van der Waals surface area contributed by atoms with Crippen LogP contribution in [0.25, 0.3) is 0 Å². The highest BCUT2D eigenvalue weighted by atomic mass is 19.3. The Morgan fingerprint density at radius 2 is 2.09 bits per heavy atom. The van der Waals surface area contributed by atoms with E-state index in [4.69, 9.17) is 0 Å². The Bertz CT molecular complexity index is 1070. The lowest BCUT2D eigenvalue weighted by Gasteiger charge is -2.29. The van der Waals surface area contributed by atoms with Gasteiger partial charge in [-0.25, -0.2) is 0 Å². The molecule has 0 saturated carbocycles. The minimum atomic E-state index is -3.74. The Hall–Kier alpha value is -3.43. The SMILES string of the molecule is CC1C=CC(C(F)(F)C(=O)NCc2ccc3c(c2)CN(C2CCC(=O)NC2=O)C3=O)=NC1. The van der Waals surface area contributed by atoms with E-state index >= 15 is 0 Å². The van der Waals surface area contributed by atoms with Gasteiger partial charge in [-0.15, -0.1) is 0 Å². The Labute approximate surface area is 182 Å². The fourth-order valence-corrected chi connectivity index (χ4v) is 3.96. The van der Waals surface area contributed by atoms with Gasteiger partial charge in [0, 0.05) is 31.6 Å². The van der Waals surface area contributed by atoms with Crippen molar-refractivity contribution in [3.8, 4) is 0 Å². The minimum absolute atomic E-state index is 0.0477. The first-order chi connectivity index (χ1) is 15.2. The molecule has 1 fully saturated rings. The monoisotopic (exact) mass is 444 g/mol. The van der Waals surface area contributed by atoms with E-state index in [0.29, 0.717) is 16.7 Å². The van der Waals surface area contributed by atoms with Gasteiger partial charge in [0.05, 0.1) is 0 Å². The number of hydrogen-bond donors (Lipinski definition) is 2. The summed E-state index contributed by atoms with van der Waals surface area (Å²) in [6.07, 6.45) is 3.18. The summed E-state index contributed by atoms with van der Waals surface area (Å²) in [5, 5.41) is 4.47. The second-order valence-corrected chi connectivity index (χ2v) is 8.21. The number of alkyl halides is 2. The third kappa shape index (κ3) is 4.04. The molecule has 1 aromatic carbocycles. The second-order valence-electron chi connectivity index (χ2n) is 8.21. The minimum Gasteiger partial charge on any atom is -0.346 e. The molecule has 2 N–H and O–H groups in total. The van der Waals surface area contributed by atoms with Crippen molar-refractivity contribution in [2.24, 2.45) is 10.9 Å². The molecular formula is C22H22F2N4O4. The fraction of sp³-hybridized carbons (Fsp3) is 0.409. The van der Waals surface area contributed by atoms with E-state index in [0.717, 1.165) is 0 Å². The summed E-state index contributed by atoms with van der Waals surface area (Å²) in [5.41, 5.74) is 1.02. The molecule has 0 aliphatic carbocycles. The zero-order valence-corrected chi connectivity index (χ0v) is 17.4. The van der Waals surface area contributed by atoms with E-state index in [1.807, 2.05) is 6.92 Å². The van der Waals surface area contributed by atoms with E-state index in [1.54, 1.807) is 24.3 Å². The summed E-state index contributed by atoms with van der Waals surface area (Å²) in [7, 11) is 0. The zero-order chi connectivity index (χ0) is 23.0. The zero-order valence-electron chi connectivity index (χ0n) is 17.4. The Kier molecular flexibility index (Phi) is 5.62. The number of carbonyl (C=O) groups is 4. The molecule has 0 radical (unpaired) electrons. The van der Waals surface area contributed by atoms with Crippen LogP contribution in [0.15, 0.2) is 35.3 Å². The van der Waals surface area contributed by atoms with Gasteiger partial charge in [-0.2, -0.15) is 8.78 Å². The number of rotatable bonds is 5. The lowest BCUT2D eigenvalue weighted by atomic mass is 10.0. The van der Waals surface area contributed by atoms with Gasteiger partial charge in [-0.3, -0.25) is 29.5 Å². The Balaban J connectivity index is 1.41. The highest BCUT2D eigenvalue weighted by Gasteiger charge is 2.44. The molecule has 0 bridgehead atoms. The number of aliphatic imine (C=N–C) groups is 1. The molecule has 10 heteroatoms. The third-order valence-corrected chi connectivity index (χ3v) is 5.78. The summed E-state index contributed by atoms with van der Waals surface area (Å²) in [5.74, 6) is -6.34. The molecule has 0 aromatic heterocycles. The van der Waals surface area contributed by atoms with Crippen molar-refractivity contribution in [2.75, 3.05) is 6.54 Å². The Morgan fingerprint density at radius 3 is 2.78 bits per heavy atom. The van der Waals surface area contributed by atoms with Crippen molar-refractivity contribution < 1.29 is 28.0 Å². The van der Waals surface area contributed by atoms with Crippen LogP contribution in [0.4, 0.5) is 8.78 Å². The largest absolute Gasteiger partial charge is 0.365 e. The molecule has 3 aliphatic rings. The van der Waals surface area contributed by atoms with Gasteiger partial charge in [-0.05, 0) is 35.6 Å². The number of carbonyl (C=O) groups excluding carboxylic acids is 4. The van der Waals surface area contributed by atoms with Crippen molar-refractivity contribution in [3.63, 3.8) is 0 Å². The number of allylic oxidation sites excluding steroid dienone is 1. The van der Waals surface area contributed by atoms with Gasteiger partial charge < -0.3 is 10.2 Å². The van der Waals surface area contributed by atoms with Crippen molar-refractivity contribution in [2.45, 2.75) is 44.8 Å². The maximum absolute atomic E-state index is 14.4. The van der Waals surface area contributed by atoms with Crippen LogP contribution in [0.2, 0.25) is 0 Å². The first kappa shape index (κ1) is 21.8. The van der Waals surface area contributed by atoms with Gasteiger partial charge in [0.2, 0.25) is 11.8 Å². The van der Waals surface area contributed by atoms with Crippen LogP contribution >= 0.6 is 0 Å². The van der Waals surface area contributed by atoms with E-state index in [2.05, 4.69) is 15.6 Å². The van der Waals surface area contributed by atoms with E-state index in [1.165, 1.54) is 11.0 Å². The predicted molar refractivity (Wildman–Crippen MR) is 110 cm³/mol. The smallest absolute Gasteiger partial charge is 0.346 e. The lowest BCUT2D eigenvalue weighted by Crippen LogP contribution is -2.52. The predicted octanol–water partition coefficient (Wildman–Crippen LogP) is 1.35. The first-order valence-corrected chi connectivity index (χ1v) is 10.3. The maximum atomic E-state index is 14.4. The quantitative estimate of drug-likeness (QED) is 0.669. The number of amides is 4. The molecule has 4 amide bonds. The number of nitrogens with zero attached hydrogens (tertiary/aromatic N) is 2. The number of piperidine rings is 1. The molecule has 0 spiro atoms. The van der Waals surface area contributed by atoms with Gasteiger partial charge in [0.1, 0.15) is 11.8 Å². The van der Waals surface area contributed by atoms with Gasteiger partial charge >= 0.3 is 5.92 Å². The summed E-state index contributed by atoms with van der Waals surface area (Å²) >= 11 is 0. The molecule has 4 rings (SSSR count). The van der Waals surface area contributed by atoms with Crippen LogP contribution in [0.3, 0.4) is 0 Å². The van der Waals surface area contributed by atoms with Gasteiger partial charge in [-0.1, -0.05) is 25.1 Å². The number of imide groups is 1. The van der Waals surface area contributed by atoms with E-state index in [-0.39, 0.29) is 50.2 Å². The van der Waals surface area contributed by atoms with Crippen molar-refractivity contribution in [3.05, 3.63) is 47.0 Å². The molecule has 2 unspecified atom stereocenters.